The van der Waals surface area contributed by atoms with E-state index in [2.05, 4.69) is 5.10 Å². The van der Waals surface area contributed by atoms with Gasteiger partial charge in [-0.15, -0.1) is 11.3 Å². The number of halogens is 1. The number of nitrogens with zero attached hydrogens (tertiary/aromatic N) is 3. The van der Waals surface area contributed by atoms with Crippen molar-refractivity contribution in [3.63, 3.8) is 0 Å². The van der Waals surface area contributed by atoms with E-state index >= 15 is 0 Å². The topological polar surface area (TPSA) is 73.7 Å². The van der Waals surface area contributed by atoms with E-state index in [0.29, 0.717) is 23.7 Å². The molecule has 0 saturated carbocycles. The van der Waals surface area contributed by atoms with Gasteiger partial charge in [0.1, 0.15) is 15.5 Å². The van der Waals surface area contributed by atoms with Crippen molar-refractivity contribution >= 4 is 33.4 Å². The van der Waals surface area contributed by atoms with E-state index in [9.17, 15) is 14.0 Å². The molecule has 1 saturated heterocycles. The first-order chi connectivity index (χ1) is 14.3. The number of benzene rings is 1. The van der Waals surface area contributed by atoms with Gasteiger partial charge in [0.05, 0.1) is 23.6 Å². The second kappa shape index (κ2) is 8.16. The molecule has 4 rings (SSSR count). The first-order valence-corrected chi connectivity index (χ1v) is 10.5. The van der Waals surface area contributed by atoms with Crippen molar-refractivity contribution in [1.29, 1.82) is 0 Å². The summed E-state index contributed by atoms with van der Waals surface area (Å²) < 4.78 is 25.8. The van der Waals surface area contributed by atoms with Crippen LogP contribution in [0.3, 0.4) is 0 Å². The molecule has 0 unspecified atom stereocenters. The molecule has 0 radical (unpaired) electrons. The Morgan fingerprint density at radius 1 is 1.23 bits per heavy atom. The number of amides is 1. The van der Waals surface area contributed by atoms with Crippen molar-refractivity contribution < 1.29 is 23.5 Å². The molecule has 9 heteroatoms. The Labute approximate surface area is 177 Å². The third kappa shape index (κ3) is 4.08. The Morgan fingerprint density at radius 2 is 1.90 bits per heavy atom. The Morgan fingerprint density at radius 3 is 2.57 bits per heavy atom. The van der Waals surface area contributed by atoms with Crippen LogP contribution in [0.25, 0.3) is 15.9 Å². The average molecular weight is 431 g/mol. The van der Waals surface area contributed by atoms with E-state index in [-0.39, 0.29) is 30.5 Å². The summed E-state index contributed by atoms with van der Waals surface area (Å²) in [5.41, 5.74) is 1.44. The summed E-state index contributed by atoms with van der Waals surface area (Å²) in [6.07, 6.45) is -0.0956. The Hall–Kier alpha value is -2.78. The van der Waals surface area contributed by atoms with Crippen LogP contribution in [0.1, 0.15) is 29.2 Å². The van der Waals surface area contributed by atoms with Crippen LogP contribution >= 0.6 is 11.3 Å². The number of aryl methyl sites for hydroxylation is 1. The van der Waals surface area contributed by atoms with Gasteiger partial charge in [-0.05, 0) is 51.1 Å². The second-order valence-electron chi connectivity index (χ2n) is 7.44. The quantitative estimate of drug-likeness (QED) is 0.593. The number of aromatic nitrogens is 2. The lowest BCUT2D eigenvalue weighted by Gasteiger charge is -2.35. The van der Waals surface area contributed by atoms with Crippen molar-refractivity contribution in [3.8, 4) is 5.69 Å². The largest absolute Gasteiger partial charge is 0.451 e. The number of hydrogen-bond acceptors (Lipinski definition) is 6. The van der Waals surface area contributed by atoms with Gasteiger partial charge in [0, 0.05) is 18.5 Å². The average Bonchev–Trinajstić information content (AvgIpc) is 3.26. The summed E-state index contributed by atoms with van der Waals surface area (Å²) in [5.74, 6) is -1.12. The number of morpholine rings is 1. The highest BCUT2D eigenvalue weighted by Crippen LogP contribution is 2.31. The van der Waals surface area contributed by atoms with Gasteiger partial charge in [0.2, 0.25) is 0 Å². The van der Waals surface area contributed by atoms with E-state index in [1.165, 1.54) is 23.5 Å². The number of rotatable bonds is 4. The van der Waals surface area contributed by atoms with Crippen LogP contribution in [-0.4, -0.2) is 58.5 Å². The van der Waals surface area contributed by atoms with Gasteiger partial charge in [0.25, 0.3) is 5.91 Å². The van der Waals surface area contributed by atoms with Crippen LogP contribution in [-0.2, 0) is 14.3 Å². The molecule has 0 N–H and O–H groups in total. The number of ether oxygens (including phenoxy) is 2. The first kappa shape index (κ1) is 20.5. The Kier molecular flexibility index (Phi) is 5.57. The lowest BCUT2D eigenvalue weighted by atomic mass is 10.2. The predicted octanol–water partition coefficient (Wildman–Crippen LogP) is 3.33. The fraction of sp³-hybridized carbons (Fsp3) is 0.381. The lowest BCUT2D eigenvalue weighted by Crippen LogP contribution is -2.49. The van der Waals surface area contributed by atoms with Gasteiger partial charge in [-0.3, -0.25) is 4.79 Å². The summed E-state index contributed by atoms with van der Waals surface area (Å²) in [6.45, 7) is 6.31. The molecule has 2 aromatic heterocycles. The molecule has 3 heterocycles. The van der Waals surface area contributed by atoms with Gasteiger partial charge < -0.3 is 14.4 Å². The molecule has 7 nitrogen and oxygen atoms in total. The predicted molar refractivity (Wildman–Crippen MR) is 111 cm³/mol. The van der Waals surface area contributed by atoms with Crippen LogP contribution in [0.5, 0.6) is 0 Å². The number of fused-ring (bicyclic) bond motifs is 1. The maximum atomic E-state index is 13.2. The molecule has 1 aliphatic heterocycles. The molecular weight excluding hydrogens is 409 g/mol. The Balaban J connectivity index is 1.48. The molecule has 30 heavy (non-hydrogen) atoms. The van der Waals surface area contributed by atoms with E-state index in [1.54, 1.807) is 27.8 Å². The van der Waals surface area contributed by atoms with Gasteiger partial charge in [-0.25, -0.2) is 13.9 Å². The minimum Gasteiger partial charge on any atom is -0.451 e. The number of hydrogen-bond donors (Lipinski definition) is 0. The van der Waals surface area contributed by atoms with Gasteiger partial charge in [-0.2, -0.15) is 5.10 Å². The van der Waals surface area contributed by atoms with Crippen LogP contribution in [0.4, 0.5) is 4.39 Å². The van der Waals surface area contributed by atoms with E-state index in [0.717, 1.165) is 15.9 Å². The molecule has 2 atom stereocenters. The van der Waals surface area contributed by atoms with Crippen LogP contribution < -0.4 is 0 Å². The number of carbonyl (C=O) groups is 2. The monoisotopic (exact) mass is 431 g/mol. The maximum Gasteiger partial charge on any atom is 0.348 e. The third-order valence-electron chi connectivity index (χ3n) is 4.92. The maximum absolute atomic E-state index is 13.2. The zero-order valence-corrected chi connectivity index (χ0v) is 17.7. The second-order valence-corrected chi connectivity index (χ2v) is 8.47. The molecule has 158 valence electrons. The number of carbonyl (C=O) groups excluding carboxylic acids is 2. The van der Waals surface area contributed by atoms with Crippen molar-refractivity contribution in [2.45, 2.75) is 33.0 Å². The highest BCUT2D eigenvalue weighted by molar-refractivity contribution is 7.20. The minimum atomic E-state index is -0.552. The summed E-state index contributed by atoms with van der Waals surface area (Å²) in [4.78, 5) is 27.8. The Bertz CT molecular complexity index is 1080. The highest BCUT2D eigenvalue weighted by atomic mass is 32.1. The molecule has 3 aromatic rings. The highest BCUT2D eigenvalue weighted by Gasteiger charge is 2.27. The summed E-state index contributed by atoms with van der Waals surface area (Å²) in [5, 5.41) is 5.30. The fourth-order valence-corrected chi connectivity index (χ4v) is 4.65. The van der Waals surface area contributed by atoms with E-state index in [4.69, 9.17) is 9.47 Å². The summed E-state index contributed by atoms with van der Waals surface area (Å²) >= 11 is 1.23. The standard InChI is InChI=1S/C21H22FN3O4S/c1-12-9-24(10-13(2)29-12)19(26)11-28-21(27)18-8-17-14(3)23-25(20(17)30-18)16-6-4-15(22)5-7-16/h4-8,12-13H,9-11H2,1-3H3/t12-,13+. The van der Waals surface area contributed by atoms with Crippen LogP contribution in [0.2, 0.25) is 0 Å². The van der Waals surface area contributed by atoms with Crippen LogP contribution in [0.15, 0.2) is 30.3 Å². The molecule has 1 amide bonds. The van der Waals surface area contributed by atoms with Gasteiger partial charge >= 0.3 is 5.97 Å². The molecule has 0 spiro atoms. The zero-order chi connectivity index (χ0) is 21.4. The summed E-state index contributed by atoms with van der Waals surface area (Å²) in [7, 11) is 0. The van der Waals surface area contributed by atoms with Crippen molar-refractivity contribution in [1.82, 2.24) is 14.7 Å². The van der Waals surface area contributed by atoms with Crippen LogP contribution in [0, 0.1) is 12.7 Å². The minimum absolute atomic E-state index is 0.0478. The third-order valence-corrected chi connectivity index (χ3v) is 6.01. The summed E-state index contributed by atoms with van der Waals surface area (Å²) in [6, 6.07) is 7.69. The van der Waals surface area contributed by atoms with E-state index < -0.39 is 5.97 Å². The fourth-order valence-electron chi connectivity index (χ4n) is 3.58. The molecule has 0 aliphatic carbocycles. The smallest absolute Gasteiger partial charge is 0.348 e. The van der Waals surface area contributed by atoms with Crippen molar-refractivity contribution in [2.75, 3.05) is 19.7 Å². The molecule has 1 aromatic carbocycles. The zero-order valence-electron chi connectivity index (χ0n) is 16.9. The SMILES string of the molecule is Cc1nn(-c2ccc(F)cc2)c2sc(C(=O)OCC(=O)N3C[C@@H](C)O[C@@H](C)C3)cc12. The molecular formula is C21H22FN3O4S. The molecule has 1 fully saturated rings. The van der Waals surface area contributed by atoms with Crippen molar-refractivity contribution in [3.05, 3.63) is 46.7 Å². The first-order valence-electron chi connectivity index (χ1n) is 9.67. The normalized spacial score (nSPS) is 19.3. The van der Waals surface area contributed by atoms with Gasteiger partial charge in [-0.1, -0.05) is 0 Å². The molecule has 1 aliphatic rings. The number of thiophene rings is 1. The van der Waals surface area contributed by atoms with Crippen molar-refractivity contribution in [2.24, 2.45) is 0 Å². The molecule has 0 bridgehead atoms. The van der Waals surface area contributed by atoms with Gasteiger partial charge in [0.15, 0.2) is 6.61 Å². The lowest BCUT2D eigenvalue weighted by molar-refractivity contribution is -0.146. The van der Waals surface area contributed by atoms with E-state index in [1.807, 2.05) is 20.8 Å². The number of esters is 1.